The van der Waals surface area contributed by atoms with E-state index in [4.69, 9.17) is 18.0 Å². The number of amides is 2. The molecule has 0 bridgehead atoms. The molecular formula is C15H19N3O2S. The Bertz CT molecular complexity index is 572. The number of piperazine rings is 1. The molecule has 5 nitrogen and oxygen atoms in total. The van der Waals surface area contributed by atoms with Crippen LogP contribution in [0.15, 0.2) is 30.3 Å². The minimum atomic E-state index is -0.910. The standard InChI is InChI=1S/C15H19N3O2S/c1-15(2)14(20)17-8-9-18(15)13(19)11(12(16)21)10-6-4-3-5-7-10/h3-7,11H,8-9H2,1-2H3,(H2,16,21)(H,17,20). The highest BCUT2D eigenvalue weighted by molar-refractivity contribution is 7.80. The molecule has 2 rings (SSSR count). The van der Waals surface area contributed by atoms with E-state index >= 15 is 0 Å². The van der Waals surface area contributed by atoms with Crippen LogP contribution in [0.5, 0.6) is 0 Å². The number of hydrogen-bond acceptors (Lipinski definition) is 3. The summed E-state index contributed by atoms with van der Waals surface area (Å²) in [5.41, 5.74) is 5.62. The van der Waals surface area contributed by atoms with Gasteiger partial charge < -0.3 is 16.0 Å². The van der Waals surface area contributed by atoms with Crippen LogP contribution in [0.1, 0.15) is 25.3 Å². The second kappa shape index (κ2) is 5.81. The van der Waals surface area contributed by atoms with Gasteiger partial charge in [0.05, 0.1) is 4.99 Å². The lowest BCUT2D eigenvalue weighted by Crippen LogP contribution is -2.64. The summed E-state index contributed by atoms with van der Waals surface area (Å²) >= 11 is 5.08. The lowest BCUT2D eigenvalue weighted by Gasteiger charge is -2.42. The van der Waals surface area contributed by atoms with Gasteiger partial charge in [0, 0.05) is 13.1 Å². The van der Waals surface area contributed by atoms with Crippen molar-refractivity contribution in [3.8, 4) is 0 Å². The van der Waals surface area contributed by atoms with E-state index in [0.717, 1.165) is 5.56 Å². The molecule has 1 aromatic carbocycles. The molecule has 21 heavy (non-hydrogen) atoms. The maximum Gasteiger partial charge on any atom is 0.245 e. The Morgan fingerprint density at radius 1 is 1.38 bits per heavy atom. The summed E-state index contributed by atoms with van der Waals surface area (Å²) < 4.78 is 0. The van der Waals surface area contributed by atoms with Gasteiger partial charge in [0.15, 0.2) is 0 Å². The molecule has 1 aliphatic rings. The van der Waals surface area contributed by atoms with Gasteiger partial charge in [-0.1, -0.05) is 42.5 Å². The molecule has 3 N–H and O–H groups in total. The Kier molecular flexibility index (Phi) is 4.27. The summed E-state index contributed by atoms with van der Waals surface area (Å²) in [5.74, 6) is -1.10. The van der Waals surface area contributed by atoms with E-state index in [-0.39, 0.29) is 16.8 Å². The molecule has 1 aliphatic heterocycles. The van der Waals surface area contributed by atoms with Crippen molar-refractivity contribution in [2.45, 2.75) is 25.3 Å². The van der Waals surface area contributed by atoms with E-state index in [1.54, 1.807) is 18.7 Å². The first kappa shape index (κ1) is 15.4. The molecule has 1 saturated heterocycles. The fraction of sp³-hybridized carbons (Fsp3) is 0.400. The molecule has 1 atom stereocenters. The molecule has 1 fully saturated rings. The highest BCUT2D eigenvalue weighted by Gasteiger charge is 2.43. The second-order valence-corrected chi connectivity index (χ2v) is 6.02. The maximum absolute atomic E-state index is 12.9. The Balaban J connectivity index is 2.35. The van der Waals surface area contributed by atoms with Crippen molar-refractivity contribution < 1.29 is 9.59 Å². The first-order valence-corrected chi connectivity index (χ1v) is 7.20. The van der Waals surface area contributed by atoms with Crippen LogP contribution >= 0.6 is 12.2 Å². The normalized spacial score (nSPS) is 18.8. The molecule has 0 spiro atoms. The molecule has 1 unspecified atom stereocenters. The summed E-state index contributed by atoms with van der Waals surface area (Å²) in [6, 6.07) is 9.17. The monoisotopic (exact) mass is 305 g/mol. The van der Waals surface area contributed by atoms with Crippen LogP contribution in [0.25, 0.3) is 0 Å². The summed E-state index contributed by atoms with van der Waals surface area (Å²) in [6.45, 7) is 4.33. The van der Waals surface area contributed by atoms with E-state index in [0.29, 0.717) is 13.1 Å². The Morgan fingerprint density at radius 2 is 2.00 bits per heavy atom. The van der Waals surface area contributed by atoms with Crippen molar-refractivity contribution in [1.29, 1.82) is 0 Å². The fourth-order valence-electron chi connectivity index (χ4n) is 2.52. The zero-order chi connectivity index (χ0) is 15.6. The first-order chi connectivity index (χ1) is 9.85. The summed E-state index contributed by atoms with van der Waals surface area (Å²) in [6.07, 6.45) is 0. The molecule has 0 radical (unpaired) electrons. The number of hydrogen-bond donors (Lipinski definition) is 2. The van der Waals surface area contributed by atoms with Crippen LogP contribution in [-0.4, -0.2) is 40.3 Å². The topological polar surface area (TPSA) is 75.4 Å². The third-order valence-corrected chi connectivity index (χ3v) is 4.02. The Morgan fingerprint density at radius 3 is 2.57 bits per heavy atom. The van der Waals surface area contributed by atoms with Crippen molar-refractivity contribution in [2.75, 3.05) is 13.1 Å². The largest absolute Gasteiger partial charge is 0.392 e. The third-order valence-electron chi connectivity index (χ3n) is 3.78. The number of nitrogens with one attached hydrogen (secondary N) is 1. The zero-order valence-electron chi connectivity index (χ0n) is 12.1. The van der Waals surface area contributed by atoms with Crippen LogP contribution in [0.2, 0.25) is 0 Å². The van der Waals surface area contributed by atoms with Crippen LogP contribution < -0.4 is 11.1 Å². The zero-order valence-corrected chi connectivity index (χ0v) is 12.9. The van der Waals surface area contributed by atoms with Gasteiger partial charge in [-0.2, -0.15) is 0 Å². The van der Waals surface area contributed by atoms with E-state index in [2.05, 4.69) is 5.32 Å². The van der Waals surface area contributed by atoms with Gasteiger partial charge >= 0.3 is 0 Å². The summed E-state index contributed by atoms with van der Waals surface area (Å²) in [7, 11) is 0. The lowest BCUT2D eigenvalue weighted by molar-refractivity contribution is -0.149. The fourth-order valence-corrected chi connectivity index (χ4v) is 2.75. The average molecular weight is 305 g/mol. The number of nitrogens with two attached hydrogens (primary N) is 1. The molecule has 6 heteroatoms. The number of carbonyl (C=O) groups is 2. The molecule has 0 aliphatic carbocycles. The van der Waals surface area contributed by atoms with Crippen molar-refractivity contribution in [1.82, 2.24) is 10.2 Å². The number of thiocarbonyl (C=S) groups is 1. The highest BCUT2D eigenvalue weighted by atomic mass is 32.1. The van der Waals surface area contributed by atoms with Gasteiger partial charge in [0.1, 0.15) is 11.5 Å². The van der Waals surface area contributed by atoms with Crippen molar-refractivity contribution in [2.24, 2.45) is 5.73 Å². The molecule has 0 aromatic heterocycles. The van der Waals surface area contributed by atoms with Crippen LogP contribution in [0.3, 0.4) is 0 Å². The average Bonchev–Trinajstić information content (AvgIpc) is 2.42. The van der Waals surface area contributed by atoms with Crippen molar-refractivity contribution in [3.63, 3.8) is 0 Å². The third kappa shape index (κ3) is 2.90. The van der Waals surface area contributed by atoms with Crippen molar-refractivity contribution in [3.05, 3.63) is 35.9 Å². The Labute approximate surface area is 129 Å². The molecule has 2 amide bonds. The number of nitrogens with zero attached hydrogens (tertiary/aromatic N) is 1. The van der Waals surface area contributed by atoms with E-state index < -0.39 is 11.5 Å². The number of rotatable bonds is 3. The van der Waals surface area contributed by atoms with Gasteiger partial charge in [0.25, 0.3) is 0 Å². The van der Waals surface area contributed by atoms with Crippen LogP contribution in [0, 0.1) is 0 Å². The second-order valence-electron chi connectivity index (χ2n) is 5.55. The summed E-state index contributed by atoms with van der Waals surface area (Å²) in [4.78, 5) is 26.5. The molecule has 112 valence electrons. The quantitative estimate of drug-likeness (QED) is 0.810. The Hall–Kier alpha value is -1.95. The molecular weight excluding hydrogens is 286 g/mol. The van der Waals surface area contributed by atoms with Crippen LogP contribution in [0.4, 0.5) is 0 Å². The molecule has 0 saturated carbocycles. The summed E-state index contributed by atoms with van der Waals surface area (Å²) in [5, 5.41) is 2.77. The predicted molar refractivity (Wildman–Crippen MR) is 84.8 cm³/mol. The van der Waals surface area contributed by atoms with Gasteiger partial charge in [-0.15, -0.1) is 0 Å². The number of carbonyl (C=O) groups excluding carboxylic acids is 2. The molecule has 1 aromatic rings. The highest BCUT2D eigenvalue weighted by Crippen LogP contribution is 2.25. The van der Waals surface area contributed by atoms with E-state index in [1.807, 2.05) is 30.3 Å². The maximum atomic E-state index is 12.9. The van der Waals surface area contributed by atoms with Crippen molar-refractivity contribution >= 4 is 29.0 Å². The minimum absolute atomic E-state index is 0.119. The van der Waals surface area contributed by atoms with Gasteiger partial charge in [-0.25, -0.2) is 0 Å². The minimum Gasteiger partial charge on any atom is -0.392 e. The van der Waals surface area contributed by atoms with E-state index in [9.17, 15) is 9.59 Å². The first-order valence-electron chi connectivity index (χ1n) is 6.79. The predicted octanol–water partition coefficient (Wildman–Crippen LogP) is 0.793. The number of benzene rings is 1. The van der Waals surface area contributed by atoms with Gasteiger partial charge in [-0.3, -0.25) is 9.59 Å². The lowest BCUT2D eigenvalue weighted by atomic mass is 9.92. The van der Waals surface area contributed by atoms with E-state index in [1.165, 1.54) is 0 Å². The van der Waals surface area contributed by atoms with Crippen LogP contribution in [-0.2, 0) is 9.59 Å². The van der Waals surface area contributed by atoms with Gasteiger partial charge in [-0.05, 0) is 19.4 Å². The smallest absolute Gasteiger partial charge is 0.245 e. The van der Waals surface area contributed by atoms with Gasteiger partial charge in [0.2, 0.25) is 11.8 Å². The molecule has 1 heterocycles. The SMILES string of the molecule is CC1(C)C(=O)NCCN1C(=O)C(C(N)=S)c1ccccc1.